The van der Waals surface area contributed by atoms with E-state index in [2.05, 4.69) is 36.2 Å². The fourth-order valence-electron chi connectivity index (χ4n) is 6.06. The van der Waals surface area contributed by atoms with Crippen LogP contribution in [0.1, 0.15) is 41.3 Å². The van der Waals surface area contributed by atoms with Gasteiger partial charge < -0.3 is 20.7 Å². The highest BCUT2D eigenvalue weighted by atomic mass is 35.5. The van der Waals surface area contributed by atoms with Crippen LogP contribution in [0, 0.1) is 17.6 Å². The maximum atomic E-state index is 15.6. The predicted molar refractivity (Wildman–Crippen MR) is 188 cm³/mol. The molecule has 1 fully saturated rings. The molecule has 3 N–H and O–H groups in total. The highest BCUT2D eigenvalue weighted by Crippen LogP contribution is 2.34. The van der Waals surface area contributed by atoms with Crippen LogP contribution in [0.25, 0.3) is 16.9 Å². The number of benzene rings is 3. The second kappa shape index (κ2) is 15.4. The van der Waals surface area contributed by atoms with E-state index in [-0.39, 0.29) is 35.5 Å². The molecule has 3 aromatic carbocycles. The zero-order chi connectivity index (χ0) is 33.7. The lowest BCUT2D eigenvalue weighted by Gasteiger charge is -2.23. The summed E-state index contributed by atoms with van der Waals surface area (Å²) in [5.41, 5.74) is 3.93. The molecule has 258 valence electrons. The fourth-order valence-corrected chi connectivity index (χ4v) is 6.06. The number of aryl methyl sites for hydroxylation is 1. The number of imidazole rings is 1. The van der Waals surface area contributed by atoms with E-state index in [1.807, 2.05) is 55.5 Å². The van der Waals surface area contributed by atoms with Crippen LogP contribution < -0.4 is 20.7 Å². The molecule has 1 amide bonds. The summed E-state index contributed by atoms with van der Waals surface area (Å²) in [7, 11) is 0. The van der Waals surface area contributed by atoms with Gasteiger partial charge in [-0.3, -0.25) is 9.20 Å². The average Bonchev–Trinajstić information content (AvgIpc) is 3.77. The molecule has 7 rings (SSSR count). The molecule has 1 aliphatic rings. The summed E-state index contributed by atoms with van der Waals surface area (Å²) in [5, 5.41) is 17.6. The SMILES string of the molecule is CCc1cc(Nc2nccn3c(-c4ccc(Oc5cnnn5Cc5ccccc5)c(F)c4F)cnc23)ccc1C(=O)NCC1CCNCC1.Cl. The van der Waals surface area contributed by atoms with E-state index < -0.39 is 11.6 Å². The van der Waals surface area contributed by atoms with Gasteiger partial charge in [0.25, 0.3) is 5.91 Å². The number of carbonyl (C=O) groups is 1. The van der Waals surface area contributed by atoms with Gasteiger partial charge in [-0.25, -0.2) is 19.0 Å². The van der Waals surface area contributed by atoms with Gasteiger partial charge in [0, 0.05) is 35.8 Å². The summed E-state index contributed by atoms with van der Waals surface area (Å²) >= 11 is 0. The van der Waals surface area contributed by atoms with E-state index in [1.165, 1.54) is 29.2 Å². The van der Waals surface area contributed by atoms with Crippen molar-refractivity contribution >= 4 is 35.5 Å². The Labute approximate surface area is 293 Å². The molecule has 6 aromatic rings. The quantitative estimate of drug-likeness (QED) is 0.139. The van der Waals surface area contributed by atoms with Crippen molar-refractivity contribution in [2.45, 2.75) is 32.7 Å². The molecule has 0 saturated carbocycles. The van der Waals surface area contributed by atoms with Crippen molar-refractivity contribution in [3.8, 4) is 22.9 Å². The Hall–Kier alpha value is -5.40. The van der Waals surface area contributed by atoms with E-state index in [9.17, 15) is 4.79 Å². The maximum absolute atomic E-state index is 15.6. The standard InChI is InChI=1S/C36H35F2N9O2.ClH/c1-2-25-18-26(8-9-27(25)36(48)42-19-23-12-14-39-15-13-23)44-34-35-41-20-29(46(35)17-16-40-34)28-10-11-30(33(38)32(28)37)49-31-21-43-45-47(31)22-24-6-4-3-5-7-24;/h3-11,16-18,20-21,23,39H,2,12-15,19,22H2,1H3,(H,40,44)(H,42,48);1H. The van der Waals surface area contributed by atoms with Gasteiger partial charge in [0.15, 0.2) is 23.0 Å². The molecule has 3 aromatic heterocycles. The number of amides is 1. The largest absolute Gasteiger partial charge is 0.434 e. The van der Waals surface area contributed by atoms with Crippen LogP contribution >= 0.6 is 12.4 Å². The number of piperidine rings is 1. The Morgan fingerprint density at radius 3 is 2.64 bits per heavy atom. The van der Waals surface area contributed by atoms with Crippen molar-refractivity contribution in [2.24, 2.45) is 5.92 Å². The van der Waals surface area contributed by atoms with Crippen molar-refractivity contribution in [3.05, 3.63) is 114 Å². The third-order valence-electron chi connectivity index (χ3n) is 8.73. The summed E-state index contributed by atoms with van der Waals surface area (Å²) < 4.78 is 39.9. The zero-order valence-electron chi connectivity index (χ0n) is 27.3. The Bertz CT molecular complexity index is 2100. The molecule has 50 heavy (non-hydrogen) atoms. The van der Waals surface area contributed by atoms with E-state index in [4.69, 9.17) is 4.74 Å². The number of aromatic nitrogens is 6. The van der Waals surface area contributed by atoms with E-state index in [0.717, 1.165) is 42.7 Å². The number of anilines is 2. The maximum Gasteiger partial charge on any atom is 0.251 e. The number of halogens is 3. The van der Waals surface area contributed by atoms with Crippen molar-refractivity contribution in [2.75, 3.05) is 25.0 Å². The van der Waals surface area contributed by atoms with Crippen LogP contribution in [0.5, 0.6) is 11.6 Å². The summed E-state index contributed by atoms with van der Waals surface area (Å²) in [6, 6.07) is 17.9. The van der Waals surface area contributed by atoms with E-state index in [1.54, 1.807) is 16.8 Å². The Kier molecular flexibility index (Phi) is 10.6. The second-order valence-electron chi connectivity index (χ2n) is 11.9. The molecule has 11 nitrogen and oxygen atoms in total. The second-order valence-corrected chi connectivity index (χ2v) is 11.9. The number of hydrogen-bond donors (Lipinski definition) is 3. The first-order chi connectivity index (χ1) is 24.0. The van der Waals surface area contributed by atoms with Crippen LogP contribution in [0.3, 0.4) is 0 Å². The van der Waals surface area contributed by atoms with Crippen LogP contribution in [-0.4, -0.2) is 54.9 Å². The smallest absolute Gasteiger partial charge is 0.251 e. The minimum absolute atomic E-state index is 0. The minimum atomic E-state index is -1.15. The molecule has 0 aliphatic carbocycles. The summed E-state index contributed by atoms with van der Waals surface area (Å²) in [5.74, 6) is -1.56. The van der Waals surface area contributed by atoms with Gasteiger partial charge in [-0.05, 0) is 79.7 Å². The van der Waals surface area contributed by atoms with Gasteiger partial charge in [0.1, 0.15) is 6.20 Å². The molecular formula is C36H36ClF2N9O2. The molecule has 1 saturated heterocycles. The number of carbonyl (C=O) groups excluding carboxylic acids is 1. The third-order valence-corrected chi connectivity index (χ3v) is 8.73. The van der Waals surface area contributed by atoms with Crippen LogP contribution in [-0.2, 0) is 13.0 Å². The zero-order valence-corrected chi connectivity index (χ0v) is 28.1. The Morgan fingerprint density at radius 1 is 1.02 bits per heavy atom. The minimum Gasteiger partial charge on any atom is -0.434 e. The number of ether oxygens (including phenoxy) is 1. The third kappa shape index (κ3) is 7.28. The molecule has 0 bridgehead atoms. The fraction of sp³-hybridized carbons (Fsp3) is 0.250. The van der Waals surface area contributed by atoms with E-state index in [0.29, 0.717) is 48.2 Å². The van der Waals surface area contributed by atoms with Gasteiger partial charge in [-0.1, -0.05) is 42.5 Å². The highest BCUT2D eigenvalue weighted by Gasteiger charge is 2.22. The number of fused-ring (bicyclic) bond motifs is 1. The molecule has 14 heteroatoms. The summed E-state index contributed by atoms with van der Waals surface area (Å²) in [6.07, 6.45) is 8.77. The first-order valence-electron chi connectivity index (χ1n) is 16.3. The van der Waals surface area contributed by atoms with Crippen LogP contribution in [0.2, 0.25) is 0 Å². The molecule has 0 spiro atoms. The number of nitrogens with one attached hydrogen (secondary N) is 3. The van der Waals surface area contributed by atoms with Gasteiger partial charge in [-0.2, -0.15) is 4.39 Å². The van der Waals surface area contributed by atoms with Gasteiger partial charge in [0.05, 0.1) is 18.4 Å². The predicted octanol–water partition coefficient (Wildman–Crippen LogP) is 6.56. The van der Waals surface area contributed by atoms with Gasteiger partial charge in [-0.15, -0.1) is 17.5 Å². The molecule has 4 heterocycles. The van der Waals surface area contributed by atoms with Crippen LogP contribution in [0.15, 0.2) is 85.5 Å². The molecule has 0 radical (unpaired) electrons. The van der Waals surface area contributed by atoms with Gasteiger partial charge >= 0.3 is 0 Å². The Morgan fingerprint density at radius 2 is 1.84 bits per heavy atom. The monoisotopic (exact) mass is 699 g/mol. The molecule has 0 atom stereocenters. The lowest BCUT2D eigenvalue weighted by Crippen LogP contribution is -2.36. The Balaban J connectivity index is 0.00000432. The molecule has 0 unspecified atom stereocenters. The van der Waals surface area contributed by atoms with Crippen molar-refractivity contribution < 1.29 is 18.3 Å². The number of hydrogen-bond acceptors (Lipinski definition) is 8. The van der Waals surface area contributed by atoms with Crippen molar-refractivity contribution in [1.29, 1.82) is 0 Å². The average molecular weight is 700 g/mol. The summed E-state index contributed by atoms with van der Waals surface area (Å²) in [4.78, 5) is 22.0. The van der Waals surface area contributed by atoms with Crippen molar-refractivity contribution in [3.63, 3.8) is 0 Å². The van der Waals surface area contributed by atoms with E-state index >= 15 is 8.78 Å². The summed E-state index contributed by atoms with van der Waals surface area (Å²) in [6.45, 7) is 4.98. The number of nitrogens with zero attached hydrogens (tertiary/aromatic N) is 6. The lowest BCUT2D eigenvalue weighted by molar-refractivity contribution is 0.0943. The number of rotatable bonds is 11. The van der Waals surface area contributed by atoms with Crippen molar-refractivity contribution in [1.82, 2.24) is 40.0 Å². The molecular weight excluding hydrogens is 664 g/mol. The first kappa shape index (κ1) is 34.5. The van der Waals surface area contributed by atoms with Crippen LogP contribution in [0.4, 0.5) is 20.3 Å². The van der Waals surface area contributed by atoms with Gasteiger partial charge in [0.2, 0.25) is 11.7 Å². The highest BCUT2D eigenvalue weighted by molar-refractivity contribution is 5.96. The lowest BCUT2D eigenvalue weighted by atomic mass is 9.97. The topological polar surface area (TPSA) is 123 Å². The molecule has 1 aliphatic heterocycles. The normalized spacial score (nSPS) is 13.2. The first-order valence-corrected chi connectivity index (χ1v) is 16.3.